The van der Waals surface area contributed by atoms with Gasteiger partial charge in [-0.15, -0.1) is 0 Å². The molecule has 23 heavy (non-hydrogen) atoms. The molecule has 0 spiro atoms. The second-order valence-electron chi connectivity index (χ2n) is 6.28. The first-order valence-corrected chi connectivity index (χ1v) is 8.10. The molecule has 0 radical (unpaired) electrons. The van der Waals surface area contributed by atoms with Crippen LogP contribution in [0.4, 0.5) is 0 Å². The summed E-state index contributed by atoms with van der Waals surface area (Å²) in [5, 5.41) is 12.0. The molecule has 0 bridgehead atoms. The molecule has 1 atom stereocenters. The SMILES string of the molecule is COCC(NC(=O)C1(c2ccccc2C)CCCCC1)C(=O)O. The molecule has 0 saturated heterocycles. The molecule has 126 valence electrons. The van der Waals surface area contributed by atoms with Crippen LogP contribution >= 0.6 is 0 Å². The van der Waals surface area contributed by atoms with Gasteiger partial charge in [0, 0.05) is 7.11 Å². The quantitative estimate of drug-likeness (QED) is 0.844. The molecule has 1 aromatic carbocycles. The van der Waals surface area contributed by atoms with Crippen LogP contribution in [0.2, 0.25) is 0 Å². The normalized spacial score (nSPS) is 18.2. The van der Waals surface area contributed by atoms with Crippen molar-refractivity contribution in [2.24, 2.45) is 0 Å². The number of hydrogen-bond acceptors (Lipinski definition) is 3. The van der Waals surface area contributed by atoms with E-state index in [0.29, 0.717) is 0 Å². The van der Waals surface area contributed by atoms with E-state index in [9.17, 15) is 14.7 Å². The number of aliphatic carboxylic acids is 1. The summed E-state index contributed by atoms with van der Waals surface area (Å²) in [6.45, 7) is 1.97. The summed E-state index contributed by atoms with van der Waals surface area (Å²) in [5.74, 6) is -1.27. The van der Waals surface area contributed by atoms with Gasteiger partial charge in [-0.25, -0.2) is 4.79 Å². The number of carboxylic acid groups (broad SMARTS) is 1. The lowest BCUT2D eigenvalue weighted by atomic mass is 9.67. The van der Waals surface area contributed by atoms with Gasteiger partial charge in [0.2, 0.25) is 5.91 Å². The number of carboxylic acids is 1. The monoisotopic (exact) mass is 319 g/mol. The molecular formula is C18H25NO4. The largest absolute Gasteiger partial charge is 0.480 e. The van der Waals surface area contributed by atoms with E-state index in [1.165, 1.54) is 7.11 Å². The van der Waals surface area contributed by atoms with Gasteiger partial charge in [-0.1, -0.05) is 43.5 Å². The minimum atomic E-state index is -1.07. The zero-order valence-corrected chi connectivity index (χ0v) is 13.8. The molecule has 1 fully saturated rings. The van der Waals surface area contributed by atoms with Crippen LogP contribution in [0.3, 0.4) is 0 Å². The van der Waals surface area contributed by atoms with Crippen LogP contribution in [0.1, 0.15) is 43.2 Å². The van der Waals surface area contributed by atoms with Gasteiger partial charge in [0.1, 0.15) is 0 Å². The molecule has 1 unspecified atom stereocenters. The molecule has 1 amide bonds. The summed E-state index contributed by atoms with van der Waals surface area (Å²) in [4.78, 5) is 24.4. The van der Waals surface area contributed by atoms with Crippen molar-refractivity contribution in [3.63, 3.8) is 0 Å². The maximum absolute atomic E-state index is 13.0. The van der Waals surface area contributed by atoms with E-state index in [1.807, 2.05) is 31.2 Å². The van der Waals surface area contributed by atoms with E-state index in [0.717, 1.165) is 43.2 Å². The number of aryl methyl sites for hydroxylation is 1. The highest BCUT2D eigenvalue weighted by atomic mass is 16.5. The topological polar surface area (TPSA) is 75.6 Å². The third kappa shape index (κ3) is 3.72. The Morgan fingerprint density at radius 3 is 2.48 bits per heavy atom. The number of carbonyl (C=O) groups is 2. The number of methoxy groups -OCH3 is 1. The van der Waals surface area contributed by atoms with Gasteiger partial charge in [0.15, 0.2) is 6.04 Å². The lowest BCUT2D eigenvalue weighted by molar-refractivity contribution is -0.144. The van der Waals surface area contributed by atoms with Crippen molar-refractivity contribution in [1.29, 1.82) is 0 Å². The Hall–Kier alpha value is -1.88. The molecule has 1 aromatic rings. The summed E-state index contributed by atoms with van der Waals surface area (Å²) in [7, 11) is 1.43. The molecule has 1 saturated carbocycles. The van der Waals surface area contributed by atoms with Crippen molar-refractivity contribution in [3.05, 3.63) is 35.4 Å². The van der Waals surface area contributed by atoms with Crippen LogP contribution in [0.25, 0.3) is 0 Å². The highest BCUT2D eigenvalue weighted by Crippen LogP contribution is 2.41. The summed E-state index contributed by atoms with van der Waals surface area (Å²) in [6, 6.07) is 6.87. The highest BCUT2D eigenvalue weighted by Gasteiger charge is 2.43. The van der Waals surface area contributed by atoms with Crippen molar-refractivity contribution in [2.75, 3.05) is 13.7 Å². The number of hydrogen-bond donors (Lipinski definition) is 2. The maximum atomic E-state index is 13.0. The van der Waals surface area contributed by atoms with Crippen molar-refractivity contribution in [3.8, 4) is 0 Å². The van der Waals surface area contributed by atoms with Gasteiger partial charge in [-0.2, -0.15) is 0 Å². The van der Waals surface area contributed by atoms with Gasteiger partial charge < -0.3 is 15.2 Å². The number of ether oxygens (including phenoxy) is 1. The van der Waals surface area contributed by atoms with Crippen LogP contribution in [-0.4, -0.2) is 36.7 Å². The first kappa shape index (κ1) is 17.5. The molecule has 1 aliphatic carbocycles. The Balaban J connectivity index is 2.33. The zero-order chi connectivity index (χ0) is 16.9. The minimum absolute atomic E-state index is 0.0368. The van der Waals surface area contributed by atoms with E-state index >= 15 is 0 Å². The maximum Gasteiger partial charge on any atom is 0.328 e. The van der Waals surface area contributed by atoms with Gasteiger partial charge in [0.05, 0.1) is 12.0 Å². The predicted molar refractivity (Wildman–Crippen MR) is 87.4 cm³/mol. The standard InChI is InChI=1S/C18H25NO4/c1-13-8-4-5-9-14(13)18(10-6-3-7-11-18)17(22)19-15(12-23-2)16(20)21/h4-5,8-9,15H,3,6-7,10-12H2,1-2H3,(H,19,22)(H,20,21). The zero-order valence-electron chi connectivity index (χ0n) is 13.8. The van der Waals surface area contributed by atoms with Gasteiger partial charge >= 0.3 is 5.97 Å². The fraction of sp³-hybridized carbons (Fsp3) is 0.556. The molecule has 0 aromatic heterocycles. The van der Waals surface area contributed by atoms with E-state index in [1.54, 1.807) is 0 Å². The Kier molecular flexibility index (Phi) is 5.77. The molecule has 1 aliphatic rings. The Labute approximate surface area is 137 Å². The Bertz CT molecular complexity index is 564. The van der Waals surface area contributed by atoms with Crippen LogP contribution in [-0.2, 0) is 19.7 Å². The number of nitrogens with one attached hydrogen (secondary N) is 1. The van der Waals surface area contributed by atoms with E-state index in [-0.39, 0.29) is 12.5 Å². The van der Waals surface area contributed by atoms with E-state index in [2.05, 4.69) is 5.32 Å². The molecule has 2 N–H and O–H groups in total. The summed E-state index contributed by atoms with van der Waals surface area (Å²) >= 11 is 0. The number of amides is 1. The third-order valence-electron chi connectivity index (χ3n) is 4.74. The lowest BCUT2D eigenvalue weighted by Crippen LogP contribution is -2.53. The third-order valence-corrected chi connectivity index (χ3v) is 4.74. The van der Waals surface area contributed by atoms with Crippen LogP contribution in [0, 0.1) is 6.92 Å². The Morgan fingerprint density at radius 1 is 1.26 bits per heavy atom. The molecular weight excluding hydrogens is 294 g/mol. The molecule has 5 nitrogen and oxygen atoms in total. The Morgan fingerprint density at radius 2 is 1.91 bits per heavy atom. The average molecular weight is 319 g/mol. The minimum Gasteiger partial charge on any atom is -0.480 e. The van der Waals surface area contributed by atoms with Crippen molar-refractivity contribution < 1.29 is 19.4 Å². The van der Waals surface area contributed by atoms with Crippen molar-refractivity contribution in [2.45, 2.75) is 50.5 Å². The molecule has 5 heteroatoms. The second kappa shape index (κ2) is 7.59. The van der Waals surface area contributed by atoms with E-state index in [4.69, 9.17) is 4.74 Å². The summed E-state index contributed by atoms with van der Waals surface area (Å²) in [5.41, 5.74) is 1.45. The van der Waals surface area contributed by atoms with Crippen molar-refractivity contribution >= 4 is 11.9 Å². The van der Waals surface area contributed by atoms with Gasteiger partial charge in [0.25, 0.3) is 0 Å². The van der Waals surface area contributed by atoms with E-state index < -0.39 is 17.4 Å². The first-order valence-electron chi connectivity index (χ1n) is 8.10. The number of carbonyl (C=O) groups excluding carboxylic acids is 1. The molecule has 0 heterocycles. The molecule has 2 rings (SSSR count). The number of benzene rings is 1. The van der Waals surface area contributed by atoms with Crippen LogP contribution in [0.15, 0.2) is 24.3 Å². The summed E-state index contributed by atoms with van der Waals surface area (Å²) in [6.07, 6.45) is 4.57. The summed E-state index contributed by atoms with van der Waals surface area (Å²) < 4.78 is 4.92. The smallest absolute Gasteiger partial charge is 0.328 e. The lowest BCUT2D eigenvalue weighted by Gasteiger charge is -2.38. The number of rotatable bonds is 6. The average Bonchev–Trinajstić information content (AvgIpc) is 2.55. The molecule has 0 aliphatic heterocycles. The first-order chi connectivity index (χ1) is 11.0. The predicted octanol–water partition coefficient (Wildman–Crippen LogP) is 2.41. The highest BCUT2D eigenvalue weighted by molar-refractivity contribution is 5.92. The van der Waals surface area contributed by atoms with Crippen LogP contribution < -0.4 is 5.32 Å². The van der Waals surface area contributed by atoms with Gasteiger partial charge in [-0.05, 0) is 30.9 Å². The van der Waals surface area contributed by atoms with Crippen molar-refractivity contribution in [1.82, 2.24) is 5.32 Å². The van der Waals surface area contributed by atoms with Gasteiger partial charge in [-0.3, -0.25) is 4.79 Å². The fourth-order valence-electron chi connectivity index (χ4n) is 3.52. The van der Waals surface area contributed by atoms with Crippen LogP contribution in [0.5, 0.6) is 0 Å². The fourth-order valence-corrected chi connectivity index (χ4v) is 3.52. The second-order valence-corrected chi connectivity index (χ2v) is 6.28.